The van der Waals surface area contributed by atoms with Crippen LogP contribution in [0, 0.1) is 34.5 Å². The molecule has 0 amide bonds. The average Bonchev–Trinajstić information content (AvgIpc) is 3.19. The highest BCUT2D eigenvalue weighted by Gasteiger charge is 2.93. The summed E-state index contributed by atoms with van der Waals surface area (Å²) in [6.45, 7) is 4.69. The van der Waals surface area contributed by atoms with Gasteiger partial charge in [0.15, 0.2) is 28.4 Å². The molecule has 11 heteroatoms. The van der Waals surface area contributed by atoms with Gasteiger partial charge in [0, 0.05) is 5.92 Å². The molecule has 0 aromatic heterocycles. The Hall–Kier alpha value is -2.18. The second kappa shape index (κ2) is 6.49. The lowest BCUT2D eigenvalue weighted by molar-refractivity contribution is -0.382. The normalized spacial score (nSPS) is 62.0. The third kappa shape index (κ3) is 2.10. The van der Waals surface area contributed by atoms with Gasteiger partial charge in [0.05, 0.1) is 30.0 Å². The van der Waals surface area contributed by atoms with E-state index >= 15 is 0 Å². The van der Waals surface area contributed by atoms with Gasteiger partial charge in [0.25, 0.3) is 0 Å². The summed E-state index contributed by atoms with van der Waals surface area (Å²) in [7, 11) is 0. The van der Waals surface area contributed by atoms with Crippen molar-refractivity contribution in [3.63, 3.8) is 0 Å². The summed E-state index contributed by atoms with van der Waals surface area (Å²) in [5, 5.41) is 35.6. The van der Waals surface area contributed by atoms with Crippen molar-refractivity contribution in [2.75, 3.05) is 6.61 Å². The molecule has 3 N–H and O–H groups in total. The molecule has 2 saturated carbocycles. The molecular formula is C28H32O11. The minimum Gasteiger partial charge on any atom is -0.458 e. The number of ketones is 2. The summed E-state index contributed by atoms with van der Waals surface area (Å²) in [5.41, 5.74) is -10.4. The molecule has 39 heavy (non-hydrogen) atoms. The number of allylic oxidation sites excluding steroid dienone is 1. The number of hydrogen-bond donors (Lipinski definition) is 3. The fourth-order valence-corrected chi connectivity index (χ4v) is 10.6. The van der Waals surface area contributed by atoms with Crippen molar-refractivity contribution in [3.8, 4) is 0 Å². The first-order valence-electron chi connectivity index (χ1n) is 13.8. The lowest BCUT2D eigenvalue weighted by Crippen LogP contribution is -2.79. The smallest absolute Gasteiger partial charge is 0.342 e. The number of ether oxygens (including phenoxy) is 4. The van der Waals surface area contributed by atoms with E-state index in [-0.39, 0.29) is 38.7 Å². The molecule has 5 heterocycles. The maximum Gasteiger partial charge on any atom is 0.342 e. The van der Waals surface area contributed by atoms with Crippen molar-refractivity contribution in [3.05, 3.63) is 12.2 Å². The van der Waals surface area contributed by atoms with E-state index < -0.39 is 98.4 Å². The first-order chi connectivity index (χ1) is 18.2. The van der Waals surface area contributed by atoms with Crippen LogP contribution in [0.25, 0.3) is 0 Å². The quantitative estimate of drug-likeness (QED) is 0.344. The van der Waals surface area contributed by atoms with Gasteiger partial charge in [-0.1, -0.05) is 13.0 Å². The molecule has 11 nitrogen and oxygen atoms in total. The fourth-order valence-electron chi connectivity index (χ4n) is 10.6. The first kappa shape index (κ1) is 24.6. The van der Waals surface area contributed by atoms with Crippen LogP contribution in [-0.2, 0) is 38.1 Å². The maximum absolute atomic E-state index is 14.9. The molecule has 5 aliphatic heterocycles. The molecule has 0 aromatic rings. The van der Waals surface area contributed by atoms with Crippen LogP contribution in [-0.4, -0.2) is 85.8 Å². The largest absolute Gasteiger partial charge is 0.458 e. The molecule has 7 fully saturated rings. The molecular weight excluding hydrogens is 512 g/mol. The highest BCUT2D eigenvalue weighted by Crippen LogP contribution is 2.75. The first-order valence-corrected chi connectivity index (χ1v) is 13.8. The molecule has 5 bridgehead atoms. The Morgan fingerprint density at radius 3 is 2.54 bits per heavy atom. The molecule has 8 aliphatic rings. The number of Topliss-reactive ketones (excluding diaryl/α,β-unsaturated/α-hetero) is 1. The molecule has 2 spiro atoms. The van der Waals surface area contributed by atoms with Crippen molar-refractivity contribution in [2.45, 2.75) is 93.3 Å². The third-order valence-corrected chi connectivity index (χ3v) is 12.7. The number of aliphatic hydroxyl groups excluding tert-OH is 1. The fraction of sp³-hybridized carbons (Fsp3) is 0.786. The van der Waals surface area contributed by atoms with Crippen LogP contribution >= 0.6 is 0 Å². The zero-order valence-corrected chi connectivity index (χ0v) is 22.0. The van der Waals surface area contributed by atoms with Gasteiger partial charge in [-0.2, -0.15) is 0 Å². The molecule has 5 saturated heterocycles. The summed E-state index contributed by atoms with van der Waals surface area (Å²) >= 11 is 0. The van der Waals surface area contributed by atoms with E-state index in [0.29, 0.717) is 0 Å². The number of aliphatic hydroxyl groups is 3. The Morgan fingerprint density at radius 2 is 1.79 bits per heavy atom. The predicted octanol–water partition coefficient (Wildman–Crippen LogP) is -0.277. The van der Waals surface area contributed by atoms with Crippen molar-refractivity contribution in [1.29, 1.82) is 0 Å². The van der Waals surface area contributed by atoms with Gasteiger partial charge in [0.2, 0.25) is 5.79 Å². The Labute approximate surface area is 223 Å². The van der Waals surface area contributed by atoms with Crippen LogP contribution in [0.15, 0.2) is 12.2 Å². The molecule has 8 rings (SSSR count). The topological polar surface area (TPSA) is 166 Å². The van der Waals surface area contributed by atoms with Crippen molar-refractivity contribution in [1.82, 2.24) is 0 Å². The van der Waals surface area contributed by atoms with Crippen molar-refractivity contribution in [2.24, 2.45) is 34.5 Å². The standard InChI is InChI=1S/C28H32O11/c1-22-10-17-24(3)28-18(22)19(31)27(39-28,36-11-14(22)20(32)37-17)13-9-16(30)25(34)7-4-5-15(29)23(25,2)12(13)6-8-26(28,35)21(33)38-24/h4-5,12-14,16-18,30,34-35H,6-11H2,1-3H3/t12-,13+,14-,16+,17+,18-,22+,23-,24-,25-,26+,27+,28-/m0/s1. The van der Waals surface area contributed by atoms with Gasteiger partial charge in [-0.15, -0.1) is 0 Å². The van der Waals surface area contributed by atoms with E-state index in [0.717, 1.165) is 0 Å². The van der Waals surface area contributed by atoms with E-state index in [9.17, 15) is 34.5 Å². The average molecular weight is 545 g/mol. The number of esters is 2. The van der Waals surface area contributed by atoms with Crippen LogP contribution in [0.3, 0.4) is 0 Å². The van der Waals surface area contributed by atoms with Crippen LogP contribution < -0.4 is 0 Å². The monoisotopic (exact) mass is 544 g/mol. The van der Waals surface area contributed by atoms with Crippen LogP contribution in [0.5, 0.6) is 0 Å². The van der Waals surface area contributed by atoms with E-state index in [1.807, 2.05) is 0 Å². The van der Waals surface area contributed by atoms with E-state index in [1.54, 1.807) is 20.8 Å². The van der Waals surface area contributed by atoms with Crippen molar-refractivity contribution >= 4 is 23.5 Å². The number of rotatable bonds is 0. The molecule has 3 aliphatic carbocycles. The number of carbonyl (C=O) groups excluding carboxylic acids is 4. The van der Waals surface area contributed by atoms with E-state index in [1.165, 1.54) is 12.2 Å². The lowest BCUT2D eigenvalue weighted by atomic mass is 9.46. The minimum atomic E-state index is -2.32. The maximum atomic E-state index is 14.9. The zero-order valence-electron chi connectivity index (χ0n) is 22.0. The van der Waals surface area contributed by atoms with Gasteiger partial charge in [-0.3, -0.25) is 14.4 Å². The highest BCUT2D eigenvalue weighted by atomic mass is 16.8. The summed E-state index contributed by atoms with van der Waals surface area (Å²) in [6, 6.07) is 0. The van der Waals surface area contributed by atoms with Gasteiger partial charge >= 0.3 is 11.9 Å². The zero-order chi connectivity index (χ0) is 27.8. The number of carbonyl (C=O) groups is 4. The third-order valence-electron chi connectivity index (χ3n) is 12.7. The van der Waals surface area contributed by atoms with E-state index in [2.05, 4.69) is 0 Å². The number of fused-ring (bicyclic) bond motifs is 5. The Morgan fingerprint density at radius 1 is 1.05 bits per heavy atom. The van der Waals surface area contributed by atoms with Gasteiger partial charge in [0.1, 0.15) is 11.7 Å². The number of hydrogen-bond acceptors (Lipinski definition) is 11. The Bertz CT molecular complexity index is 1330. The van der Waals surface area contributed by atoms with Crippen LogP contribution in [0.1, 0.15) is 52.9 Å². The van der Waals surface area contributed by atoms with Crippen LogP contribution in [0.4, 0.5) is 0 Å². The summed E-state index contributed by atoms with van der Waals surface area (Å²) in [6.07, 6.45) is 0.491. The summed E-state index contributed by atoms with van der Waals surface area (Å²) in [5.74, 6) is -8.35. The lowest BCUT2D eigenvalue weighted by Gasteiger charge is -2.64. The molecule has 210 valence electrons. The summed E-state index contributed by atoms with van der Waals surface area (Å²) in [4.78, 5) is 55.5. The van der Waals surface area contributed by atoms with Crippen LogP contribution in [0.2, 0.25) is 0 Å². The second-order valence-corrected chi connectivity index (χ2v) is 13.8. The Balaban J connectivity index is 1.43. The van der Waals surface area contributed by atoms with Gasteiger partial charge in [-0.05, 0) is 63.4 Å². The van der Waals surface area contributed by atoms with Gasteiger partial charge < -0.3 is 34.3 Å². The molecule has 0 unspecified atom stereocenters. The molecule has 0 radical (unpaired) electrons. The SMILES string of the molecule is C[C@@]12C[C@H]3OC(=O)[C@@H]1CO[C@]14O[C@]5([C@H]2C1=O)[C@@](O)(CC[C@H]1[C@H]4C[C@@H](O)[C@@]2(O)CC=CC(=O)[C@]12C)C(=O)O[C@@]35C. The molecule has 13 atom stereocenters. The minimum absolute atomic E-state index is 0.0207. The van der Waals surface area contributed by atoms with Crippen molar-refractivity contribution < 1.29 is 53.4 Å². The van der Waals surface area contributed by atoms with E-state index in [4.69, 9.17) is 18.9 Å². The predicted molar refractivity (Wildman–Crippen MR) is 125 cm³/mol. The highest BCUT2D eigenvalue weighted by molar-refractivity contribution is 6.00. The van der Waals surface area contributed by atoms with Gasteiger partial charge in [-0.25, -0.2) is 4.79 Å². The molecule has 0 aromatic carbocycles. The Kier molecular flexibility index (Phi) is 4.09. The second-order valence-electron chi connectivity index (χ2n) is 13.8. The summed E-state index contributed by atoms with van der Waals surface area (Å²) < 4.78 is 24.9.